The van der Waals surface area contributed by atoms with Crippen LogP contribution < -0.4 is 4.74 Å². The molecule has 1 aliphatic heterocycles. The smallest absolute Gasteiger partial charge is 0.259 e. The highest BCUT2D eigenvalue weighted by atomic mass is 16.5. The molecule has 0 radical (unpaired) electrons. The number of hydrogen-bond donors (Lipinski definition) is 1. The second kappa shape index (κ2) is 9.87. The highest BCUT2D eigenvalue weighted by Gasteiger charge is 2.36. The number of aliphatic hydroxyl groups excluding tert-OH is 1. The number of ether oxygens (including phenoxy) is 1. The van der Waals surface area contributed by atoms with Crippen molar-refractivity contribution in [2.24, 2.45) is 11.8 Å². The molecule has 2 aliphatic rings. The van der Waals surface area contributed by atoms with E-state index in [1.165, 1.54) is 0 Å². The summed E-state index contributed by atoms with van der Waals surface area (Å²) in [5.74, 6) is 0.235. The maximum Gasteiger partial charge on any atom is 0.259 e. The van der Waals surface area contributed by atoms with E-state index < -0.39 is 0 Å². The quantitative estimate of drug-likeness (QED) is 0.724. The van der Waals surface area contributed by atoms with Gasteiger partial charge in [-0.1, -0.05) is 13.3 Å². The molecule has 3 atom stereocenters. The molecule has 1 saturated carbocycles. The van der Waals surface area contributed by atoms with Crippen molar-refractivity contribution >= 4 is 11.8 Å². The number of rotatable bonds is 6. The van der Waals surface area contributed by atoms with Gasteiger partial charge in [-0.3, -0.25) is 14.6 Å². The largest absolute Gasteiger partial charge is 0.472 e. The van der Waals surface area contributed by atoms with Crippen molar-refractivity contribution in [1.29, 1.82) is 0 Å². The first-order valence-corrected chi connectivity index (χ1v) is 11.6. The Labute approximate surface area is 194 Å². The fourth-order valence-electron chi connectivity index (χ4n) is 4.35. The van der Waals surface area contributed by atoms with Crippen LogP contribution in [-0.4, -0.2) is 75.6 Å². The molecule has 0 saturated heterocycles. The topological polar surface area (TPSA) is 95.9 Å². The summed E-state index contributed by atoms with van der Waals surface area (Å²) in [6, 6.07) is 5.15. The summed E-state index contributed by atoms with van der Waals surface area (Å²) in [5.41, 5.74) is 2.04. The van der Waals surface area contributed by atoms with Gasteiger partial charge in [-0.15, -0.1) is 0 Å². The minimum atomic E-state index is -0.356. The SMILES string of the molecule is C[C@@H]1CN([C@H](C)CO)C(=O)c2cc(-c3ccncc3)cnc2O[C@H]1CN(C)C(=O)C1CCC1. The minimum absolute atomic E-state index is 0.0607. The Morgan fingerprint density at radius 3 is 2.67 bits per heavy atom. The molecule has 1 N–H and O–H groups in total. The van der Waals surface area contributed by atoms with Crippen molar-refractivity contribution < 1.29 is 19.4 Å². The van der Waals surface area contributed by atoms with Gasteiger partial charge < -0.3 is 19.6 Å². The number of hydrogen-bond acceptors (Lipinski definition) is 6. The fraction of sp³-hybridized carbons (Fsp3) is 0.520. The van der Waals surface area contributed by atoms with Crippen LogP contribution in [0.3, 0.4) is 0 Å². The molecule has 1 aliphatic carbocycles. The van der Waals surface area contributed by atoms with Crippen molar-refractivity contribution in [3.05, 3.63) is 42.4 Å². The molecule has 2 aromatic heterocycles. The fourth-order valence-corrected chi connectivity index (χ4v) is 4.35. The zero-order valence-corrected chi connectivity index (χ0v) is 19.5. The summed E-state index contributed by atoms with van der Waals surface area (Å²) in [6.07, 6.45) is 7.74. The highest BCUT2D eigenvalue weighted by molar-refractivity contribution is 5.98. The maximum atomic E-state index is 13.5. The van der Waals surface area contributed by atoms with Crippen LogP contribution in [0, 0.1) is 11.8 Å². The van der Waals surface area contributed by atoms with Crippen LogP contribution >= 0.6 is 0 Å². The van der Waals surface area contributed by atoms with Crippen molar-refractivity contribution in [2.75, 3.05) is 26.7 Å². The van der Waals surface area contributed by atoms with Gasteiger partial charge in [-0.25, -0.2) is 4.98 Å². The molecule has 8 heteroatoms. The number of nitrogens with zero attached hydrogens (tertiary/aromatic N) is 4. The normalized spacial score (nSPS) is 21.8. The zero-order chi connectivity index (χ0) is 23.5. The van der Waals surface area contributed by atoms with Gasteiger partial charge >= 0.3 is 0 Å². The Balaban J connectivity index is 1.67. The number of amides is 2. The Morgan fingerprint density at radius 2 is 2.03 bits per heavy atom. The van der Waals surface area contributed by atoms with E-state index in [0.29, 0.717) is 18.7 Å². The van der Waals surface area contributed by atoms with Gasteiger partial charge in [0.15, 0.2) is 0 Å². The van der Waals surface area contributed by atoms with E-state index in [2.05, 4.69) is 9.97 Å². The molecule has 0 spiro atoms. The molecule has 8 nitrogen and oxygen atoms in total. The van der Waals surface area contributed by atoms with E-state index in [1.54, 1.807) is 34.5 Å². The van der Waals surface area contributed by atoms with Crippen LogP contribution in [-0.2, 0) is 4.79 Å². The molecule has 176 valence electrons. The van der Waals surface area contributed by atoms with Gasteiger partial charge in [-0.2, -0.15) is 0 Å². The molecule has 0 aromatic carbocycles. The lowest BCUT2D eigenvalue weighted by molar-refractivity contribution is -0.138. The molecule has 0 unspecified atom stereocenters. The summed E-state index contributed by atoms with van der Waals surface area (Å²) in [7, 11) is 1.82. The predicted molar refractivity (Wildman–Crippen MR) is 124 cm³/mol. The van der Waals surface area contributed by atoms with Crippen LogP contribution in [0.25, 0.3) is 11.1 Å². The summed E-state index contributed by atoms with van der Waals surface area (Å²) >= 11 is 0. The average molecular weight is 453 g/mol. The van der Waals surface area contributed by atoms with E-state index >= 15 is 0 Å². The standard InChI is InChI=1S/C25H32N4O4/c1-16-13-29(17(2)15-30)25(32)21-11-20(18-7-9-26-10-8-18)12-27-23(21)33-22(16)14-28(3)24(31)19-5-4-6-19/h7-12,16-17,19,22,30H,4-6,13-15H2,1-3H3/t16-,17-,22+/m1/s1. The molecule has 3 heterocycles. The predicted octanol–water partition coefficient (Wildman–Crippen LogP) is 2.62. The lowest BCUT2D eigenvalue weighted by atomic mass is 9.84. The van der Waals surface area contributed by atoms with Crippen LogP contribution in [0.1, 0.15) is 43.5 Å². The van der Waals surface area contributed by atoms with E-state index in [0.717, 1.165) is 30.4 Å². The van der Waals surface area contributed by atoms with E-state index in [9.17, 15) is 14.7 Å². The average Bonchev–Trinajstić information content (AvgIpc) is 2.79. The number of pyridine rings is 2. The molecule has 1 fully saturated rings. The number of likely N-dealkylation sites (N-methyl/N-ethyl adjacent to an activating group) is 1. The molecule has 2 aromatic rings. The van der Waals surface area contributed by atoms with Crippen molar-refractivity contribution in [1.82, 2.24) is 19.8 Å². The Kier molecular flexibility index (Phi) is 6.93. The maximum absolute atomic E-state index is 13.5. The molecular formula is C25H32N4O4. The van der Waals surface area contributed by atoms with Crippen molar-refractivity contribution in [3.63, 3.8) is 0 Å². The Morgan fingerprint density at radius 1 is 1.30 bits per heavy atom. The first kappa shape index (κ1) is 23.2. The number of aliphatic hydroxyl groups is 1. The number of aromatic nitrogens is 2. The second-order valence-corrected chi connectivity index (χ2v) is 9.28. The van der Waals surface area contributed by atoms with Crippen LogP contribution in [0.15, 0.2) is 36.8 Å². The molecule has 0 bridgehead atoms. The first-order valence-electron chi connectivity index (χ1n) is 11.6. The van der Waals surface area contributed by atoms with Gasteiger partial charge in [0, 0.05) is 49.6 Å². The third-order valence-electron chi connectivity index (χ3n) is 6.82. The zero-order valence-electron chi connectivity index (χ0n) is 19.5. The van der Waals surface area contributed by atoms with Crippen molar-refractivity contribution in [2.45, 2.75) is 45.3 Å². The molecule has 4 rings (SSSR count). The number of carbonyl (C=O) groups excluding carboxylic acids is 2. The lowest BCUT2D eigenvalue weighted by Gasteiger charge is -2.38. The summed E-state index contributed by atoms with van der Waals surface area (Å²) in [6.45, 7) is 4.52. The lowest BCUT2D eigenvalue weighted by Crippen LogP contribution is -2.51. The van der Waals surface area contributed by atoms with Gasteiger partial charge in [0.05, 0.1) is 19.2 Å². The van der Waals surface area contributed by atoms with Crippen LogP contribution in [0.2, 0.25) is 0 Å². The summed E-state index contributed by atoms with van der Waals surface area (Å²) < 4.78 is 6.30. The van der Waals surface area contributed by atoms with Gasteiger partial charge in [-0.05, 0) is 43.5 Å². The van der Waals surface area contributed by atoms with Gasteiger partial charge in [0.25, 0.3) is 5.91 Å². The van der Waals surface area contributed by atoms with Gasteiger partial charge in [0.1, 0.15) is 11.7 Å². The molecule has 33 heavy (non-hydrogen) atoms. The Bertz CT molecular complexity index is 995. The third-order valence-corrected chi connectivity index (χ3v) is 6.82. The van der Waals surface area contributed by atoms with Crippen LogP contribution in [0.5, 0.6) is 5.88 Å². The highest BCUT2D eigenvalue weighted by Crippen LogP contribution is 2.31. The third kappa shape index (κ3) is 4.85. The van der Waals surface area contributed by atoms with Crippen LogP contribution in [0.4, 0.5) is 0 Å². The number of carbonyl (C=O) groups is 2. The number of fused-ring (bicyclic) bond motifs is 1. The van der Waals surface area contributed by atoms with Crippen molar-refractivity contribution in [3.8, 4) is 17.0 Å². The van der Waals surface area contributed by atoms with Gasteiger partial charge in [0.2, 0.25) is 11.8 Å². The molecular weight excluding hydrogens is 420 g/mol. The minimum Gasteiger partial charge on any atom is -0.472 e. The first-order chi connectivity index (χ1) is 15.9. The van der Waals surface area contributed by atoms with E-state index in [-0.39, 0.29) is 48.3 Å². The Hall–Kier alpha value is -3.00. The summed E-state index contributed by atoms with van der Waals surface area (Å²) in [4.78, 5) is 38.2. The molecule has 2 amide bonds. The monoisotopic (exact) mass is 452 g/mol. The van der Waals surface area contributed by atoms with E-state index in [1.807, 2.05) is 33.0 Å². The second-order valence-electron chi connectivity index (χ2n) is 9.28. The van der Waals surface area contributed by atoms with E-state index in [4.69, 9.17) is 4.74 Å². The summed E-state index contributed by atoms with van der Waals surface area (Å²) in [5, 5.41) is 9.81.